The molecule has 0 aliphatic rings. The summed E-state index contributed by atoms with van der Waals surface area (Å²) in [7, 11) is 0. The normalized spacial score (nSPS) is 11.5. The molecule has 0 saturated heterocycles. The number of Topliss-reactive ketones (excluding diaryl/α,β-unsaturated/α-hetero) is 1. The van der Waals surface area contributed by atoms with Crippen LogP contribution in [-0.2, 0) is 11.2 Å². The number of fused-ring (bicyclic) bond motifs is 2. The van der Waals surface area contributed by atoms with E-state index in [0.717, 1.165) is 38.5 Å². The molecule has 0 radical (unpaired) electrons. The van der Waals surface area contributed by atoms with Gasteiger partial charge < -0.3 is 9.84 Å². The number of esters is 1. The van der Waals surface area contributed by atoms with Gasteiger partial charge in [0.1, 0.15) is 5.60 Å². The Hall–Kier alpha value is -4.35. The maximum Gasteiger partial charge on any atom is 0.338 e. The topological polar surface area (TPSA) is 76.5 Å². The first-order chi connectivity index (χ1) is 17.8. The SMILES string of the molecule is CC(C)(O)C(=O)c1ccc(CCOC(=O)c2ccccc2-c2c3ccccc3nc3ccccc23)cc1. The van der Waals surface area contributed by atoms with Gasteiger partial charge in [0.25, 0.3) is 0 Å². The van der Waals surface area contributed by atoms with Crippen LogP contribution < -0.4 is 0 Å². The Balaban J connectivity index is 1.40. The molecule has 0 spiro atoms. The van der Waals surface area contributed by atoms with Gasteiger partial charge in [0, 0.05) is 28.3 Å². The van der Waals surface area contributed by atoms with E-state index in [1.54, 1.807) is 18.2 Å². The second-order valence-electron chi connectivity index (χ2n) is 9.54. The number of benzene rings is 4. The van der Waals surface area contributed by atoms with Crippen molar-refractivity contribution in [3.05, 3.63) is 114 Å². The van der Waals surface area contributed by atoms with Crippen LogP contribution in [0.25, 0.3) is 32.9 Å². The van der Waals surface area contributed by atoms with E-state index in [1.807, 2.05) is 78.9 Å². The first kappa shape index (κ1) is 24.3. The number of para-hydroxylation sites is 2. The molecule has 0 unspecified atom stereocenters. The number of hydrogen-bond donors (Lipinski definition) is 1. The molecule has 184 valence electrons. The zero-order chi connectivity index (χ0) is 26.0. The van der Waals surface area contributed by atoms with Crippen molar-refractivity contribution in [3.63, 3.8) is 0 Å². The Morgan fingerprint density at radius 3 is 1.97 bits per heavy atom. The van der Waals surface area contributed by atoms with Crippen molar-refractivity contribution in [2.45, 2.75) is 25.9 Å². The highest BCUT2D eigenvalue weighted by molar-refractivity contribution is 6.13. The van der Waals surface area contributed by atoms with Gasteiger partial charge in [0.15, 0.2) is 5.78 Å². The van der Waals surface area contributed by atoms with Crippen LogP contribution in [-0.4, -0.2) is 34.1 Å². The minimum atomic E-state index is -1.42. The summed E-state index contributed by atoms with van der Waals surface area (Å²) in [5.74, 6) is -0.729. The molecule has 5 nitrogen and oxygen atoms in total. The third-order valence-corrected chi connectivity index (χ3v) is 6.40. The molecular formula is C32H27NO4. The minimum Gasteiger partial charge on any atom is -0.462 e. The van der Waals surface area contributed by atoms with Crippen LogP contribution in [0.4, 0.5) is 0 Å². The van der Waals surface area contributed by atoms with Crippen molar-refractivity contribution in [2.75, 3.05) is 6.61 Å². The van der Waals surface area contributed by atoms with Gasteiger partial charge in [-0.1, -0.05) is 78.9 Å². The van der Waals surface area contributed by atoms with E-state index >= 15 is 0 Å². The van der Waals surface area contributed by atoms with Crippen LogP contribution in [0.2, 0.25) is 0 Å². The van der Waals surface area contributed by atoms with E-state index in [1.165, 1.54) is 13.8 Å². The molecule has 5 aromatic rings. The van der Waals surface area contributed by atoms with Crippen molar-refractivity contribution < 1.29 is 19.4 Å². The Bertz CT molecular complexity index is 1560. The van der Waals surface area contributed by atoms with E-state index in [0.29, 0.717) is 17.5 Å². The van der Waals surface area contributed by atoms with Gasteiger partial charge in [-0.2, -0.15) is 0 Å². The molecule has 0 fully saturated rings. The average molecular weight is 490 g/mol. The van der Waals surface area contributed by atoms with Gasteiger partial charge in [-0.15, -0.1) is 0 Å². The standard InChI is InChI=1S/C32H27NO4/c1-32(2,36)30(34)22-17-15-21(16-18-22)19-20-37-31(35)24-10-4-3-9-23(24)29-25-11-5-7-13-27(25)33-28-14-8-6-12-26(28)29/h3-18,36H,19-20H2,1-2H3. The summed E-state index contributed by atoms with van der Waals surface area (Å²) in [6, 6.07) is 30.4. The Kier molecular flexibility index (Phi) is 6.55. The molecule has 37 heavy (non-hydrogen) atoms. The number of nitrogens with zero attached hydrogens (tertiary/aromatic N) is 1. The lowest BCUT2D eigenvalue weighted by atomic mass is 9.93. The third kappa shape index (κ3) is 4.99. The second kappa shape index (κ2) is 9.96. The summed E-state index contributed by atoms with van der Waals surface area (Å²) in [4.78, 5) is 30.3. The van der Waals surface area contributed by atoms with Crippen LogP contribution in [0.5, 0.6) is 0 Å². The molecule has 0 aliphatic carbocycles. The second-order valence-corrected chi connectivity index (χ2v) is 9.54. The smallest absolute Gasteiger partial charge is 0.338 e. The molecule has 4 aromatic carbocycles. The summed E-state index contributed by atoms with van der Waals surface area (Å²) in [6.07, 6.45) is 0.506. The highest BCUT2D eigenvalue weighted by Crippen LogP contribution is 2.36. The summed E-state index contributed by atoms with van der Waals surface area (Å²) < 4.78 is 5.69. The lowest BCUT2D eigenvalue weighted by Gasteiger charge is -2.16. The number of ether oxygens (including phenoxy) is 1. The van der Waals surface area contributed by atoms with Crippen molar-refractivity contribution >= 4 is 33.6 Å². The fourth-order valence-corrected chi connectivity index (χ4v) is 4.52. The van der Waals surface area contributed by atoms with Crippen LogP contribution in [0.3, 0.4) is 0 Å². The summed E-state index contributed by atoms with van der Waals surface area (Å²) >= 11 is 0. The quantitative estimate of drug-likeness (QED) is 0.162. The number of aliphatic hydroxyl groups is 1. The number of hydrogen-bond acceptors (Lipinski definition) is 5. The molecule has 5 rings (SSSR count). The minimum absolute atomic E-state index is 0.198. The summed E-state index contributed by atoms with van der Waals surface area (Å²) in [6.45, 7) is 3.14. The average Bonchev–Trinajstić information content (AvgIpc) is 2.91. The Labute approximate surface area is 215 Å². The van der Waals surface area contributed by atoms with Gasteiger partial charge in [0.2, 0.25) is 0 Å². The van der Waals surface area contributed by atoms with Gasteiger partial charge in [0.05, 0.1) is 23.2 Å². The first-order valence-corrected chi connectivity index (χ1v) is 12.2. The number of carbonyl (C=O) groups excluding carboxylic acids is 2. The molecule has 0 amide bonds. The van der Waals surface area contributed by atoms with Crippen molar-refractivity contribution in [1.29, 1.82) is 0 Å². The predicted molar refractivity (Wildman–Crippen MR) is 146 cm³/mol. The molecule has 0 aliphatic heterocycles. The van der Waals surface area contributed by atoms with Crippen LogP contribution >= 0.6 is 0 Å². The fraction of sp³-hybridized carbons (Fsp3) is 0.156. The van der Waals surface area contributed by atoms with Gasteiger partial charge in [-0.05, 0) is 43.2 Å². The third-order valence-electron chi connectivity index (χ3n) is 6.40. The fourth-order valence-electron chi connectivity index (χ4n) is 4.52. The molecule has 0 atom stereocenters. The van der Waals surface area contributed by atoms with Crippen LogP contribution in [0.1, 0.15) is 40.1 Å². The number of carbonyl (C=O) groups is 2. The Morgan fingerprint density at radius 2 is 1.35 bits per heavy atom. The molecular weight excluding hydrogens is 462 g/mol. The Morgan fingerprint density at radius 1 is 0.784 bits per heavy atom. The van der Waals surface area contributed by atoms with Gasteiger partial charge >= 0.3 is 5.97 Å². The molecule has 0 saturated carbocycles. The van der Waals surface area contributed by atoms with E-state index < -0.39 is 11.6 Å². The summed E-state index contributed by atoms with van der Waals surface area (Å²) in [5.41, 5.74) is 3.94. The molecule has 1 aromatic heterocycles. The number of rotatable bonds is 7. The predicted octanol–water partition coefficient (Wildman–Crippen LogP) is 6.41. The number of aromatic nitrogens is 1. The molecule has 0 bridgehead atoms. The number of ketones is 1. The maximum absolute atomic E-state index is 13.2. The highest BCUT2D eigenvalue weighted by Gasteiger charge is 2.25. The van der Waals surface area contributed by atoms with E-state index in [-0.39, 0.29) is 12.4 Å². The zero-order valence-electron chi connectivity index (χ0n) is 20.8. The highest BCUT2D eigenvalue weighted by atomic mass is 16.5. The number of pyridine rings is 1. The monoisotopic (exact) mass is 489 g/mol. The van der Waals surface area contributed by atoms with Gasteiger partial charge in [-0.3, -0.25) is 4.79 Å². The first-order valence-electron chi connectivity index (χ1n) is 12.2. The van der Waals surface area contributed by atoms with Crippen molar-refractivity contribution in [2.24, 2.45) is 0 Å². The van der Waals surface area contributed by atoms with Crippen LogP contribution in [0.15, 0.2) is 97.1 Å². The largest absolute Gasteiger partial charge is 0.462 e. The van der Waals surface area contributed by atoms with E-state index in [9.17, 15) is 14.7 Å². The van der Waals surface area contributed by atoms with Crippen molar-refractivity contribution in [3.8, 4) is 11.1 Å². The summed E-state index contributed by atoms with van der Waals surface area (Å²) in [5, 5.41) is 11.9. The molecule has 1 N–H and O–H groups in total. The lowest BCUT2D eigenvalue weighted by Crippen LogP contribution is -2.31. The lowest BCUT2D eigenvalue weighted by molar-refractivity contribution is 0.0488. The van der Waals surface area contributed by atoms with Crippen LogP contribution in [0, 0.1) is 0 Å². The van der Waals surface area contributed by atoms with E-state index in [4.69, 9.17) is 9.72 Å². The maximum atomic E-state index is 13.2. The van der Waals surface area contributed by atoms with Gasteiger partial charge in [-0.25, -0.2) is 9.78 Å². The molecule has 1 heterocycles. The molecule has 5 heteroatoms. The van der Waals surface area contributed by atoms with Crippen molar-refractivity contribution in [1.82, 2.24) is 4.98 Å². The zero-order valence-corrected chi connectivity index (χ0v) is 20.8. The van der Waals surface area contributed by atoms with E-state index in [2.05, 4.69) is 0 Å².